The van der Waals surface area contributed by atoms with E-state index in [1.807, 2.05) is 6.92 Å². The molecule has 0 aliphatic carbocycles. The Labute approximate surface area is 101 Å². The van der Waals surface area contributed by atoms with E-state index in [9.17, 15) is 0 Å². The SMILES string of the molecule is C/C=N/N(C)[P+](=S)Oc1ccc(CO)cc1. The molecule has 0 saturated heterocycles. The number of rotatable bonds is 5. The molecule has 1 unspecified atom stereocenters. The summed E-state index contributed by atoms with van der Waals surface area (Å²) in [6.45, 7) is 1.86. The quantitative estimate of drug-likeness (QED) is 0.499. The van der Waals surface area contributed by atoms with Gasteiger partial charge >= 0.3 is 7.07 Å². The molecule has 0 spiro atoms. The van der Waals surface area contributed by atoms with Gasteiger partial charge in [-0.3, -0.25) is 4.52 Å². The van der Waals surface area contributed by atoms with Crippen LogP contribution >= 0.6 is 7.07 Å². The highest BCUT2D eigenvalue weighted by atomic mass is 32.4. The first kappa shape index (κ1) is 13.0. The van der Waals surface area contributed by atoms with Crippen molar-refractivity contribution in [3.05, 3.63) is 29.8 Å². The lowest BCUT2D eigenvalue weighted by Gasteiger charge is -2.01. The van der Waals surface area contributed by atoms with Crippen LogP contribution in [0.2, 0.25) is 0 Å². The Kier molecular flexibility index (Phi) is 5.32. The first-order valence-corrected chi connectivity index (χ1v) is 6.97. The predicted octanol–water partition coefficient (Wildman–Crippen LogP) is 2.27. The van der Waals surface area contributed by atoms with Crippen molar-refractivity contribution in [1.82, 2.24) is 4.78 Å². The minimum absolute atomic E-state index is 0.0307. The van der Waals surface area contributed by atoms with Crippen molar-refractivity contribution in [2.45, 2.75) is 13.5 Å². The number of benzene rings is 1. The average molecular weight is 257 g/mol. The Balaban J connectivity index is 2.62. The topological polar surface area (TPSA) is 45.1 Å². The van der Waals surface area contributed by atoms with Crippen LogP contribution in [0.5, 0.6) is 5.75 Å². The number of aliphatic hydroxyl groups excluding tert-OH is 1. The van der Waals surface area contributed by atoms with E-state index < -0.39 is 7.07 Å². The van der Waals surface area contributed by atoms with Crippen molar-refractivity contribution in [2.24, 2.45) is 5.10 Å². The summed E-state index contributed by atoms with van der Waals surface area (Å²) in [6.07, 6.45) is 1.67. The number of nitrogens with zero attached hydrogens (tertiary/aromatic N) is 2. The van der Waals surface area contributed by atoms with E-state index in [1.165, 1.54) is 0 Å². The summed E-state index contributed by atoms with van der Waals surface area (Å²) in [7, 11) is 0.597. The fourth-order valence-electron chi connectivity index (χ4n) is 1.01. The summed E-state index contributed by atoms with van der Waals surface area (Å²) in [5.74, 6) is 0.691. The minimum atomic E-state index is -1.18. The molecule has 86 valence electrons. The molecule has 1 atom stereocenters. The van der Waals surface area contributed by atoms with E-state index in [0.717, 1.165) is 5.56 Å². The van der Waals surface area contributed by atoms with E-state index >= 15 is 0 Å². The normalized spacial score (nSPS) is 11.6. The first-order valence-electron chi connectivity index (χ1n) is 4.74. The highest BCUT2D eigenvalue weighted by molar-refractivity contribution is 8.02. The summed E-state index contributed by atoms with van der Waals surface area (Å²) in [6, 6.07) is 7.18. The largest absolute Gasteiger partial charge is 0.540 e. The van der Waals surface area contributed by atoms with Crippen LogP contribution in [0.3, 0.4) is 0 Å². The minimum Gasteiger partial charge on any atom is -0.392 e. The van der Waals surface area contributed by atoms with Crippen LogP contribution in [-0.4, -0.2) is 23.1 Å². The zero-order valence-electron chi connectivity index (χ0n) is 9.20. The van der Waals surface area contributed by atoms with Crippen molar-refractivity contribution >= 4 is 25.1 Å². The van der Waals surface area contributed by atoms with E-state index in [1.54, 1.807) is 42.3 Å². The van der Waals surface area contributed by atoms with Crippen molar-refractivity contribution in [1.29, 1.82) is 0 Å². The molecule has 0 heterocycles. The van der Waals surface area contributed by atoms with Crippen LogP contribution < -0.4 is 4.52 Å². The van der Waals surface area contributed by atoms with Gasteiger partial charge in [0.05, 0.1) is 13.7 Å². The second kappa shape index (κ2) is 6.53. The Morgan fingerprint density at radius 1 is 1.50 bits per heavy atom. The number of aliphatic hydroxyl groups is 1. The summed E-state index contributed by atoms with van der Waals surface area (Å²) >= 11 is 5.17. The van der Waals surface area contributed by atoms with Gasteiger partial charge in [0.2, 0.25) is 11.8 Å². The van der Waals surface area contributed by atoms with Gasteiger partial charge < -0.3 is 5.11 Å². The fourth-order valence-corrected chi connectivity index (χ4v) is 2.01. The standard InChI is InChI=1S/C10H14N2O2PS/c1-3-11-12(2)15(16)14-10-6-4-9(8-13)5-7-10/h3-7,13H,8H2,1-2H3/q+1/b11-3+. The molecular weight excluding hydrogens is 243 g/mol. The molecule has 0 saturated carbocycles. The molecule has 1 N–H and O–H groups in total. The van der Waals surface area contributed by atoms with Gasteiger partial charge in [-0.1, -0.05) is 16.9 Å². The van der Waals surface area contributed by atoms with Gasteiger partial charge in [0, 0.05) is 6.21 Å². The Hall–Kier alpha value is -1.03. The Bertz CT molecular complexity index is 381. The Morgan fingerprint density at radius 2 is 2.12 bits per heavy atom. The molecule has 0 amide bonds. The molecule has 0 radical (unpaired) electrons. The molecule has 0 aliphatic heterocycles. The molecule has 6 heteroatoms. The fraction of sp³-hybridized carbons (Fsp3) is 0.300. The van der Waals surface area contributed by atoms with Gasteiger partial charge in [0.1, 0.15) is 0 Å². The highest BCUT2D eigenvalue weighted by Gasteiger charge is 2.19. The van der Waals surface area contributed by atoms with Crippen LogP contribution in [0.15, 0.2) is 29.4 Å². The Morgan fingerprint density at radius 3 is 2.62 bits per heavy atom. The van der Waals surface area contributed by atoms with Crippen LogP contribution in [0.1, 0.15) is 12.5 Å². The molecule has 0 fully saturated rings. The second-order valence-electron chi connectivity index (χ2n) is 2.99. The smallest absolute Gasteiger partial charge is 0.392 e. The molecule has 0 aromatic heterocycles. The number of hydrogen-bond acceptors (Lipinski definition) is 4. The summed E-state index contributed by atoms with van der Waals surface area (Å²) in [5.41, 5.74) is 0.848. The van der Waals surface area contributed by atoms with Gasteiger partial charge in [-0.15, -0.1) is 5.10 Å². The van der Waals surface area contributed by atoms with Gasteiger partial charge in [0.25, 0.3) is 0 Å². The van der Waals surface area contributed by atoms with E-state index in [2.05, 4.69) is 5.10 Å². The lowest BCUT2D eigenvalue weighted by Crippen LogP contribution is -2.02. The summed E-state index contributed by atoms with van der Waals surface area (Å²) in [5, 5.41) is 12.9. The highest BCUT2D eigenvalue weighted by Crippen LogP contribution is 2.30. The second-order valence-corrected chi connectivity index (χ2v) is 5.17. The number of hydrazone groups is 1. The third kappa shape index (κ3) is 3.85. The van der Waals surface area contributed by atoms with Crippen LogP contribution in [0.4, 0.5) is 0 Å². The molecule has 1 aromatic rings. The van der Waals surface area contributed by atoms with E-state index in [-0.39, 0.29) is 6.61 Å². The molecule has 1 rings (SSSR count). The average Bonchev–Trinajstić information content (AvgIpc) is 2.30. The maximum absolute atomic E-state index is 8.88. The third-order valence-electron chi connectivity index (χ3n) is 1.81. The molecule has 16 heavy (non-hydrogen) atoms. The van der Waals surface area contributed by atoms with Gasteiger partial charge in [-0.05, 0) is 24.6 Å². The molecular formula is C10H14N2O2PS+. The summed E-state index contributed by atoms with van der Waals surface area (Å²) in [4.78, 5) is 0. The zero-order chi connectivity index (χ0) is 12.0. The molecule has 0 aliphatic rings. The van der Waals surface area contributed by atoms with Crippen LogP contribution in [-0.2, 0) is 18.4 Å². The van der Waals surface area contributed by atoms with Gasteiger partial charge in [0.15, 0.2) is 5.75 Å². The van der Waals surface area contributed by atoms with Crippen molar-refractivity contribution in [3.63, 3.8) is 0 Å². The van der Waals surface area contributed by atoms with Crippen molar-refractivity contribution < 1.29 is 9.63 Å². The van der Waals surface area contributed by atoms with E-state index in [4.69, 9.17) is 21.4 Å². The van der Waals surface area contributed by atoms with Gasteiger partial charge in [-0.25, -0.2) is 0 Å². The van der Waals surface area contributed by atoms with Crippen LogP contribution in [0, 0.1) is 0 Å². The molecule has 4 nitrogen and oxygen atoms in total. The molecule has 0 bridgehead atoms. The zero-order valence-corrected chi connectivity index (χ0v) is 10.9. The van der Waals surface area contributed by atoms with Gasteiger partial charge in [-0.2, -0.15) is 0 Å². The van der Waals surface area contributed by atoms with Crippen molar-refractivity contribution in [2.75, 3.05) is 7.05 Å². The van der Waals surface area contributed by atoms with Crippen molar-refractivity contribution in [3.8, 4) is 5.75 Å². The lowest BCUT2D eigenvalue weighted by atomic mass is 10.2. The maximum Gasteiger partial charge on any atom is 0.540 e. The first-order chi connectivity index (χ1) is 7.67. The predicted molar refractivity (Wildman–Crippen MR) is 69.2 cm³/mol. The monoisotopic (exact) mass is 257 g/mol. The van der Waals surface area contributed by atoms with Crippen LogP contribution in [0.25, 0.3) is 0 Å². The third-order valence-corrected chi connectivity index (χ3v) is 3.68. The molecule has 1 aromatic carbocycles. The summed E-state index contributed by atoms with van der Waals surface area (Å²) < 4.78 is 7.15. The van der Waals surface area contributed by atoms with E-state index in [0.29, 0.717) is 5.75 Å². The lowest BCUT2D eigenvalue weighted by molar-refractivity contribution is 0.282. The maximum atomic E-state index is 8.88. The number of hydrogen-bond donors (Lipinski definition) is 1.